The lowest BCUT2D eigenvalue weighted by Crippen LogP contribution is -2.52. The zero-order valence-corrected chi connectivity index (χ0v) is 16.8. The number of ether oxygens (including phenoxy) is 1. The average molecular weight is 375 g/mol. The fraction of sp³-hybridized carbons (Fsp3) is 0.667. The number of methoxy groups -OCH3 is 1. The van der Waals surface area contributed by atoms with Crippen LogP contribution in [0.3, 0.4) is 0 Å². The summed E-state index contributed by atoms with van der Waals surface area (Å²) in [5.41, 5.74) is 2.66. The van der Waals surface area contributed by atoms with Crippen molar-refractivity contribution >= 4 is 6.03 Å². The van der Waals surface area contributed by atoms with Gasteiger partial charge < -0.3 is 19.9 Å². The molecule has 1 unspecified atom stereocenters. The Labute approximate surface area is 163 Å². The third-order valence-electron chi connectivity index (χ3n) is 5.67. The first kappa shape index (κ1) is 20.1. The minimum atomic E-state index is 0.0977. The van der Waals surface area contributed by atoms with Crippen molar-refractivity contribution in [3.63, 3.8) is 0 Å². The maximum Gasteiger partial charge on any atom is 0.317 e. The Hall–Kier alpha value is -1.63. The molecule has 1 N–H and O–H groups in total. The van der Waals surface area contributed by atoms with Gasteiger partial charge in [0.25, 0.3) is 0 Å². The number of piperazine rings is 1. The van der Waals surface area contributed by atoms with Crippen LogP contribution in [-0.2, 0) is 11.3 Å². The fourth-order valence-corrected chi connectivity index (χ4v) is 4.02. The molecule has 1 aromatic rings. The van der Waals surface area contributed by atoms with Crippen molar-refractivity contribution < 1.29 is 9.53 Å². The number of likely N-dealkylation sites (tertiary alicyclic amines) is 1. The largest absolute Gasteiger partial charge is 0.383 e. The van der Waals surface area contributed by atoms with Crippen molar-refractivity contribution in [2.45, 2.75) is 19.9 Å². The molecule has 0 spiro atoms. The first-order valence-corrected chi connectivity index (χ1v) is 10.2. The summed E-state index contributed by atoms with van der Waals surface area (Å²) in [6, 6.07) is 8.78. The monoisotopic (exact) mass is 374 g/mol. The van der Waals surface area contributed by atoms with Crippen molar-refractivity contribution in [2.24, 2.45) is 5.92 Å². The van der Waals surface area contributed by atoms with Gasteiger partial charge in [-0.3, -0.25) is 4.90 Å². The van der Waals surface area contributed by atoms with E-state index in [2.05, 4.69) is 46.3 Å². The van der Waals surface area contributed by atoms with Gasteiger partial charge in [-0.05, 0) is 31.4 Å². The number of amides is 2. The van der Waals surface area contributed by atoms with Gasteiger partial charge in [0.05, 0.1) is 6.61 Å². The summed E-state index contributed by atoms with van der Waals surface area (Å²) in [7, 11) is 1.74. The van der Waals surface area contributed by atoms with E-state index < -0.39 is 0 Å². The van der Waals surface area contributed by atoms with E-state index >= 15 is 0 Å². The molecular formula is C21H34N4O2. The van der Waals surface area contributed by atoms with Gasteiger partial charge in [-0.2, -0.15) is 0 Å². The number of rotatable bonds is 7. The summed E-state index contributed by atoms with van der Waals surface area (Å²) >= 11 is 0. The molecule has 1 aromatic carbocycles. The Morgan fingerprint density at radius 1 is 1.19 bits per heavy atom. The number of hydrogen-bond donors (Lipinski definition) is 1. The molecule has 150 valence electrons. The van der Waals surface area contributed by atoms with Gasteiger partial charge in [-0.15, -0.1) is 0 Å². The standard InChI is InChI=1S/C21H34N4O2/c1-18-4-3-5-19(14-18)16-24-8-10-25(11-9-24)21(26)22-15-20-6-7-23(17-20)12-13-27-2/h3-5,14,20H,6-13,15-17H2,1-2H3,(H,22,26). The molecule has 2 fully saturated rings. The van der Waals surface area contributed by atoms with Crippen LogP contribution in [-0.4, -0.2) is 86.8 Å². The molecule has 2 heterocycles. The SMILES string of the molecule is COCCN1CCC(CNC(=O)N2CCN(Cc3cccc(C)c3)CC2)C1. The average Bonchev–Trinajstić information content (AvgIpc) is 3.13. The molecule has 2 aliphatic rings. The van der Waals surface area contributed by atoms with Crippen LogP contribution in [0, 0.1) is 12.8 Å². The van der Waals surface area contributed by atoms with Crippen molar-refractivity contribution in [1.82, 2.24) is 20.0 Å². The molecule has 0 saturated carbocycles. The van der Waals surface area contributed by atoms with Gasteiger partial charge in [0.2, 0.25) is 0 Å². The quantitative estimate of drug-likeness (QED) is 0.791. The molecular weight excluding hydrogens is 340 g/mol. The van der Waals surface area contributed by atoms with Crippen LogP contribution in [0.25, 0.3) is 0 Å². The van der Waals surface area contributed by atoms with Crippen LogP contribution < -0.4 is 5.32 Å². The smallest absolute Gasteiger partial charge is 0.317 e. The Kier molecular flexibility index (Phi) is 7.50. The van der Waals surface area contributed by atoms with Crippen LogP contribution in [0.2, 0.25) is 0 Å². The third-order valence-corrected chi connectivity index (χ3v) is 5.67. The summed E-state index contributed by atoms with van der Waals surface area (Å²) in [4.78, 5) is 19.3. The molecule has 1 atom stereocenters. The number of nitrogens with zero attached hydrogens (tertiary/aromatic N) is 3. The van der Waals surface area contributed by atoms with E-state index in [-0.39, 0.29) is 6.03 Å². The molecule has 27 heavy (non-hydrogen) atoms. The van der Waals surface area contributed by atoms with E-state index in [0.717, 1.165) is 71.9 Å². The summed E-state index contributed by atoms with van der Waals surface area (Å²) in [5.74, 6) is 0.563. The first-order valence-electron chi connectivity index (χ1n) is 10.2. The second-order valence-corrected chi connectivity index (χ2v) is 7.89. The van der Waals surface area contributed by atoms with Gasteiger partial charge in [-0.25, -0.2) is 4.79 Å². The number of benzene rings is 1. The highest BCUT2D eigenvalue weighted by atomic mass is 16.5. The summed E-state index contributed by atoms with van der Waals surface area (Å²) in [6.45, 7) is 11.3. The van der Waals surface area contributed by atoms with Gasteiger partial charge in [0, 0.05) is 59.5 Å². The van der Waals surface area contributed by atoms with Crippen LogP contribution in [0.4, 0.5) is 4.79 Å². The van der Waals surface area contributed by atoms with Crippen LogP contribution >= 0.6 is 0 Å². The molecule has 2 saturated heterocycles. The Morgan fingerprint density at radius 2 is 2.00 bits per heavy atom. The Balaban J connectivity index is 1.34. The second-order valence-electron chi connectivity index (χ2n) is 7.89. The highest BCUT2D eigenvalue weighted by molar-refractivity contribution is 5.74. The van der Waals surface area contributed by atoms with E-state index in [4.69, 9.17) is 4.74 Å². The summed E-state index contributed by atoms with van der Waals surface area (Å²) in [5, 5.41) is 3.15. The molecule has 0 aliphatic carbocycles. The summed E-state index contributed by atoms with van der Waals surface area (Å²) < 4.78 is 5.15. The van der Waals surface area contributed by atoms with Crippen LogP contribution in [0.1, 0.15) is 17.5 Å². The minimum absolute atomic E-state index is 0.0977. The number of carbonyl (C=O) groups is 1. The van der Waals surface area contributed by atoms with Gasteiger partial charge in [0.1, 0.15) is 0 Å². The topological polar surface area (TPSA) is 48.1 Å². The van der Waals surface area contributed by atoms with Crippen molar-refractivity contribution in [3.8, 4) is 0 Å². The van der Waals surface area contributed by atoms with Gasteiger partial charge in [0.15, 0.2) is 0 Å². The van der Waals surface area contributed by atoms with E-state index in [1.165, 1.54) is 11.1 Å². The lowest BCUT2D eigenvalue weighted by molar-refractivity contribution is 0.134. The number of urea groups is 1. The van der Waals surface area contributed by atoms with E-state index in [9.17, 15) is 4.79 Å². The van der Waals surface area contributed by atoms with E-state index in [1.54, 1.807) is 7.11 Å². The van der Waals surface area contributed by atoms with Crippen LogP contribution in [0.15, 0.2) is 24.3 Å². The number of carbonyl (C=O) groups excluding carboxylic acids is 1. The molecule has 3 rings (SSSR count). The number of aryl methyl sites for hydroxylation is 1. The molecule has 0 bridgehead atoms. The van der Waals surface area contributed by atoms with Crippen molar-refractivity contribution in [2.75, 3.05) is 66.1 Å². The van der Waals surface area contributed by atoms with Gasteiger partial charge >= 0.3 is 6.03 Å². The third kappa shape index (κ3) is 6.19. The molecule has 0 radical (unpaired) electrons. The lowest BCUT2D eigenvalue weighted by Gasteiger charge is -2.35. The van der Waals surface area contributed by atoms with Crippen molar-refractivity contribution in [1.29, 1.82) is 0 Å². The van der Waals surface area contributed by atoms with E-state index in [1.807, 2.05) is 4.90 Å². The molecule has 6 nitrogen and oxygen atoms in total. The normalized spacial score (nSPS) is 21.6. The van der Waals surface area contributed by atoms with Gasteiger partial charge in [-0.1, -0.05) is 29.8 Å². The predicted molar refractivity (Wildman–Crippen MR) is 108 cm³/mol. The molecule has 2 aliphatic heterocycles. The highest BCUT2D eigenvalue weighted by Gasteiger charge is 2.25. The highest BCUT2D eigenvalue weighted by Crippen LogP contribution is 2.15. The lowest BCUT2D eigenvalue weighted by atomic mass is 10.1. The van der Waals surface area contributed by atoms with Crippen molar-refractivity contribution in [3.05, 3.63) is 35.4 Å². The number of nitrogens with one attached hydrogen (secondary N) is 1. The van der Waals surface area contributed by atoms with Crippen LogP contribution in [0.5, 0.6) is 0 Å². The fourth-order valence-electron chi connectivity index (χ4n) is 4.02. The maximum absolute atomic E-state index is 12.5. The summed E-state index contributed by atoms with van der Waals surface area (Å²) in [6.07, 6.45) is 1.16. The predicted octanol–water partition coefficient (Wildman–Crippen LogP) is 1.79. The molecule has 6 heteroatoms. The Morgan fingerprint density at radius 3 is 2.74 bits per heavy atom. The number of hydrogen-bond acceptors (Lipinski definition) is 4. The Bertz CT molecular complexity index is 602. The first-order chi connectivity index (χ1) is 13.1. The molecule has 0 aromatic heterocycles. The maximum atomic E-state index is 12.5. The zero-order valence-electron chi connectivity index (χ0n) is 16.8. The zero-order chi connectivity index (χ0) is 19.1. The second kappa shape index (κ2) is 10.1. The van der Waals surface area contributed by atoms with E-state index in [0.29, 0.717) is 5.92 Å². The molecule has 2 amide bonds. The minimum Gasteiger partial charge on any atom is -0.383 e.